The van der Waals surface area contributed by atoms with E-state index in [1.165, 1.54) is 0 Å². The molecule has 2 heterocycles. The number of carbonyl (C=O) groups excluding carboxylic acids is 1. The summed E-state index contributed by atoms with van der Waals surface area (Å²) in [4.78, 5) is 22.6. The number of carbonyl (C=O) groups is 2. The van der Waals surface area contributed by atoms with Crippen molar-refractivity contribution in [3.63, 3.8) is 0 Å². The van der Waals surface area contributed by atoms with Crippen LogP contribution in [-0.4, -0.2) is 43.7 Å². The highest BCUT2D eigenvalue weighted by atomic mass is 79.9. The number of amides is 1. The number of tetrazole rings is 1. The van der Waals surface area contributed by atoms with Crippen molar-refractivity contribution in [1.29, 1.82) is 0 Å². The fraction of sp³-hybridized carbons (Fsp3) is 0.222. The molecular weight excluding hydrogens is 322 g/mol. The zero-order chi connectivity index (χ0) is 13.8. The van der Waals surface area contributed by atoms with E-state index in [1.54, 1.807) is 12.1 Å². The molecule has 10 heteroatoms. The Morgan fingerprint density at radius 1 is 1.47 bits per heavy atom. The van der Waals surface area contributed by atoms with Gasteiger partial charge in [0.2, 0.25) is 11.7 Å². The topological polar surface area (TPSA) is 123 Å². The van der Waals surface area contributed by atoms with Crippen molar-refractivity contribution < 1.29 is 19.1 Å². The molecule has 0 aliphatic rings. The maximum absolute atomic E-state index is 11.3. The fourth-order valence-electron chi connectivity index (χ4n) is 1.20. The summed E-state index contributed by atoms with van der Waals surface area (Å²) >= 11 is 3.14. The molecule has 2 aromatic rings. The first-order valence-electron chi connectivity index (χ1n) is 5.06. The molecule has 0 spiro atoms. The number of rotatable bonds is 5. The maximum atomic E-state index is 11.3. The number of aromatic nitrogens is 4. The third-order valence-electron chi connectivity index (χ3n) is 1.97. The summed E-state index contributed by atoms with van der Waals surface area (Å²) in [6.45, 7) is -0.673. The quantitative estimate of drug-likeness (QED) is 0.784. The van der Waals surface area contributed by atoms with Crippen molar-refractivity contribution >= 4 is 27.8 Å². The van der Waals surface area contributed by atoms with Gasteiger partial charge < -0.3 is 14.8 Å². The average molecular weight is 330 g/mol. The Balaban J connectivity index is 1.97. The summed E-state index contributed by atoms with van der Waals surface area (Å²) in [6.07, 6.45) is 0. The van der Waals surface area contributed by atoms with Crippen molar-refractivity contribution in [3.8, 4) is 11.6 Å². The Morgan fingerprint density at radius 3 is 2.89 bits per heavy atom. The maximum Gasteiger partial charge on any atom is 0.322 e. The molecule has 0 saturated carbocycles. The number of nitrogens with zero attached hydrogens (tertiary/aromatic N) is 4. The summed E-state index contributed by atoms with van der Waals surface area (Å²) in [7, 11) is 0. The van der Waals surface area contributed by atoms with E-state index in [2.05, 4.69) is 36.7 Å². The Labute approximate surface area is 114 Å². The Morgan fingerprint density at radius 2 is 2.26 bits per heavy atom. The van der Waals surface area contributed by atoms with Gasteiger partial charge in [-0.1, -0.05) is 0 Å². The van der Waals surface area contributed by atoms with E-state index in [4.69, 9.17) is 9.52 Å². The Kier molecular flexibility index (Phi) is 3.90. The van der Waals surface area contributed by atoms with Crippen molar-refractivity contribution in [2.45, 2.75) is 6.54 Å². The number of hydrogen-bond acceptors (Lipinski definition) is 6. The van der Waals surface area contributed by atoms with E-state index in [1.807, 2.05) is 0 Å². The van der Waals surface area contributed by atoms with Crippen LogP contribution >= 0.6 is 15.9 Å². The summed E-state index contributed by atoms with van der Waals surface area (Å²) in [5.41, 5.74) is 0. The number of halogens is 1. The lowest BCUT2D eigenvalue weighted by Gasteiger charge is -1.99. The molecule has 0 bridgehead atoms. The third-order valence-corrected chi connectivity index (χ3v) is 2.39. The summed E-state index contributed by atoms with van der Waals surface area (Å²) < 4.78 is 5.75. The monoisotopic (exact) mass is 329 g/mol. The van der Waals surface area contributed by atoms with E-state index in [0.29, 0.717) is 10.4 Å². The molecule has 0 fully saturated rings. The molecule has 0 aliphatic carbocycles. The van der Waals surface area contributed by atoms with Gasteiger partial charge in [-0.2, -0.15) is 4.80 Å². The van der Waals surface area contributed by atoms with Gasteiger partial charge in [-0.3, -0.25) is 9.59 Å². The van der Waals surface area contributed by atoms with E-state index in [0.717, 1.165) is 4.80 Å². The molecule has 0 saturated heterocycles. The number of furan rings is 1. The SMILES string of the molecule is O=C(O)CNC(=O)Cn1nnc(-c2ccc(Br)o2)n1. The van der Waals surface area contributed by atoms with Gasteiger partial charge in [-0.05, 0) is 33.3 Å². The molecule has 2 aromatic heterocycles. The van der Waals surface area contributed by atoms with E-state index in [9.17, 15) is 9.59 Å². The average Bonchev–Trinajstić information content (AvgIpc) is 2.95. The largest absolute Gasteiger partial charge is 0.480 e. The normalized spacial score (nSPS) is 10.4. The molecule has 0 atom stereocenters. The van der Waals surface area contributed by atoms with E-state index in [-0.39, 0.29) is 12.4 Å². The second kappa shape index (κ2) is 5.61. The van der Waals surface area contributed by atoms with Gasteiger partial charge in [0.15, 0.2) is 10.4 Å². The lowest BCUT2D eigenvalue weighted by atomic mass is 10.4. The van der Waals surface area contributed by atoms with Crippen LogP contribution in [0.1, 0.15) is 0 Å². The fourth-order valence-corrected chi connectivity index (χ4v) is 1.51. The number of hydrogen-bond donors (Lipinski definition) is 2. The molecule has 0 aliphatic heterocycles. The van der Waals surface area contributed by atoms with Crippen molar-refractivity contribution in [2.75, 3.05) is 6.54 Å². The van der Waals surface area contributed by atoms with Gasteiger partial charge in [0.25, 0.3) is 0 Å². The molecular formula is C9H8BrN5O4. The van der Waals surface area contributed by atoms with Crippen LogP contribution in [0.5, 0.6) is 0 Å². The minimum absolute atomic E-state index is 0.220. The number of nitrogens with one attached hydrogen (secondary N) is 1. The van der Waals surface area contributed by atoms with Crippen LogP contribution in [0.3, 0.4) is 0 Å². The van der Waals surface area contributed by atoms with Gasteiger partial charge >= 0.3 is 5.97 Å². The number of carboxylic acid groups (broad SMARTS) is 1. The second-order valence-corrected chi connectivity index (χ2v) is 4.20. The van der Waals surface area contributed by atoms with E-state index < -0.39 is 18.4 Å². The molecule has 0 unspecified atom stereocenters. The smallest absolute Gasteiger partial charge is 0.322 e. The van der Waals surface area contributed by atoms with Crippen LogP contribution in [0.4, 0.5) is 0 Å². The highest BCUT2D eigenvalue weighted by molar-refractivity contribution is 9.10. The molecule has 9 nitrogen and oxygen atoms in total. The molecule has 2 rings (SSSR count). The lowest BCUT2D eigenvalue weighted by Crippen LogP contribution is -2.32. The number of aliphatic carboxylic acids is 1. The summed E-state index contributed by atoms with van der Waals surface area (Å²) in [5, 5.41) is 21.9. The van der Waals surface area contributed by atoms with E-state index >= 15 is 0 Å². The second-order valence-electron chi connectivity index (χ2n) is 3.42. The molecule has 2 N–H and O–H groups in total. The molecule has 0 aromatic carbocycles. The molecule has 0 radical (unpaired) electrons. The molecule has 100 valence electrons. The van der Waals surface area contributed by atoms with Gasteiger partial charge in [0.1, 0.15) is 13.1 Å². The zero-order valence-electron chi connectivity index (χ0n) is 9.41. The lowest BCUT2D eigenvalue weighted by molar-refractivity contribution is -0.138. The Bertz CT molecular complexity index is 607. The third kappa shape index (κ3) is 3.61. The van der Waals surface area contributed by atoms with Gasteiger partial charge in [-0.15, -0.1) is 10.2 Å². The minimum Gasteiger partial charge on any atom is -0.480 e. The van der Waals surface area contributed by atoms with Crippen molar-refractivity contribution in [3.05, 3.63) is 16.8 Å². The predicted molar refractivity (Wildman–Crippen MR) is 63.9 cm³/mol. The highest BCUT2D eigenvalue weighted by Gasteiger charge is 2.12. The first kappa shape index (κ1) is 13.2. The van der Waals surface area contributed by atoms with Gasteiger partial charge in [-0.25, -0.2) is 0 Å². The van der Waals surface area contributed by atoms with Gasteiger partial charge in [0.05, 0.1) is 0 Å². The van der Waals surface area contributed by atoms with Crippen LogP contribution in [0.2, 0.25) is 0 Å². The van der Waals surface area contributed by atoms with Crippen LogP contribution < -0.4 is 5.32 Å². The first-order chi connectivity index (χ1) is 9.04. The van der Waals surface area contributed by atoms with Crippen LogP contribution in [-0.2, 0) is 16.1 Å². The van der Waals surface area contributed by atoms with Crippen LogP contribution in [0.15, 0.2) is 21.2 Å². The predicted octanol–water partition coefficient (Wildman–Crippen LogP) is -0.104. The summed E-state index contributed by atoms with van der Waals surface area (Å²) in [6, 6.07) is 3.32. The number of carboxylic acids is 1. The van der Waals surface area contributed by atoms with Crippen molar-refractivity contribution in [2.24, 2.45) is 0 Å². The molecule has 19 heavy (non-hydrogen) atoms. The molecule has 1 amide bonds. The first-order valence-corrected chi connectivity index (χ1v) is 5.86. The summed E-state index contributed by atoms with van der Waals surface area (Å²) in [5.74, 6) is -1.01. The van der Waals surface area contributed by atoms with Gasteiger partial charge in [0, 0.05) is 0 Å². The Hall–Kier alpha value is -2.23. The minimum atomic E-state index is -1.12. The zero-order valence-corrected chi connectivity index (χ0v) is 11.0. The van der Waals surface area contributed by atoms with Crippen LogP contribution in [0, 0.1) is 0 Å². The highest BCUT2D eigenvalue weighted by Crippen LogP contribution is 2.20. The standard InChI is InChI=1S/C9H8BrN5O4/c10-6-2-1-5(19-6)9-12-14-15(13-9)4-7(16)11-3-8(17)18/h1-2H,3-4H2,(H,11,16)(H,17,18). The van der Waals surface area contributed by atoms with Crippen molar-refractivity contribution in [1.82, 2.24) is 25.5 Å². The van der Waals surface area contributed by atoms with Crippen LogP contribution in [0.25, 0.3) is 11.6 Å².